The number of rotatable bonds is 2. The molecule has 0 amide bonds. The Kier molecular flexibility index (Phi) is 2.30. The molecule has 2 aromatic heterocycles. The first-order chi connectivity index (χ1) is 8.75. The topological polar surface area (TPSA) is 68.0 Å². The first-order valence-electron chi connectivity index (χ1n) is 5.37. The van der Waals surface area contributed by atoms with Crippen LogP contribution in [0.15, 0.2) is 49.1 Å². The molecule has 18 heavy (non-hydrogen) atoms. The van der Waals surface area contributed by atoms with Crippen LogP contribution in [0.2, 0.25) is 0 Å². The lowest BCUT2D eigenvalue weighted by atomic mass is 10.1. The lowest BCUT2D eigenvalue weighted by molar-refractivity contribution is 0.0693. The van der Waals surface area contributed by atoms with E-state index in [9.17, 15) is 9.90 Å². The number of hydrogen-bond acceptors (Lipinski definition) is 3. The van der Waals surface area contributed by atoms with Crippen LogP contribution in [0.5, 0.6) is 0 Å². The highest BCUT2D eigenvalue weighted by atomic mass is 16.4. The maximum absolute atomic E-state index is 11.2. The zero-order valence-corrected chi connectivity index (χ0v) is 9.32. The Labute approximate surface area is 102 Å². The molecule has 0 aliphatic rings. The van der Waals surface area contributed by atoms with E-state index in [2.05, 4.69) is 9.97 Å². The van der Waals surface area contributed by atoms with Crippen molar-refractivity contribution in [2.45, 2.75) is 0 Å². The number of benzene rings is 1. The van der Waals surface area contributed by atoms with Gasteiger partial charge in [-0.3, -0.25) is 4.57 Å². The zero-order chi connectivity index (χ0) is 12.5. The predicted molar refractivity (Wildman–Crippen MR) is 65.8 cm³/mol. The third-order valence-corrected chi connectivity index (χ3v) is 2.70. The quantitative estimate of drug-likeness (QED) is 0.743. The fraction of sp³-hybridized carbons (Fsp3) is 0. The molecule has 0 bridgehead atoms. The van der Waals surface area contributed by atoms with Crippen molar-refractivity contribution in [2.24, 2.45) is 0 Å². The van der Waals surface area contributed by atoms with E-state index in [1.165, 1.54) is 0 Å². The predicted octanol–water partition coefficient (Wildman–Crippen LogP) is 2.12. The summed E-state index contributed by atoms with van der Waals surface area (Å²) in [6, 6.07) is 9.12. The lowest BCUT2D eigenvalue weighted by Gasteiger charge is -2.06. The van der Waals surface area contributed by atoms with Crippen LogP contribution in [0.4, 0.5) is 0 Å². The van der Waals surface area contributed by atoms with Gasteiger partial charge in [-0.25, -0.2) is 14.8 Å². The summed E-state index contributed by atoms with van der Waals surface area (Å²) in [4.78, 5) is 19.3. The number of aromatic nitrogens is 3. The van der Waals surface area contributed by atoms with Crippen LogP contribution in [-0.4, -0.2) is 25.6 Å². The van der Waals surface area contributed by atoms with Gasteiger partial charge in [-0.1, -0.05) is 24.3 Å². The molecule has 0 saturated carbocycles. The van der Waals surface area contributed by atoms with Crippen LogP contribution in [0, 0.1) is 0 Å². The Balaban J connectivity index is 2.33. The maximum atomic E-state index is 11.2. The number of pyridine rings is 1. The second-order valence-corrected chi connectivity index (χ2v) is 3.83. The molecule has 5 heteroatoms. The summed E-state index contributed by atoms with van der Waals surface area (Å²) in [7, 11) is 0. The van der Waals surface area contributed by atoms with E-state index in [0.717, 1.165) is 5.39 Å². The van der Waals surface area contributed by atoms with E-state index in [1.807, 2.05) is 18.2 Å². The summed E-state index contributed by atoms with van der Waals surface area (Å²) in [6.07, 6.45) is 4.93. The molecule has 1 N–H and O–H groups in total. The van der Waals surface area contributed by atoms with Crippen molar-refractivity contribution < 1.29 is 9.90 Å². The van der Waals surface area contributed by atoms with Crippen LogP contribution in [0.1, 0.15) is 10.5 Å². The van der Waals surface area contributed by atoms with Crippen LogP contribution >= 0.6 is 0 Å². The van der Waals surface area contributed by atoms with E-state index >= 15 is 0 Å². The highest BCUT2D eigenvalue weighted by Gasteiger charge is 2.12. The molecule has 3 rings (SSSR count). The minimum absolute atomic E-state index is 0.0526. The second kappa shape index (κ2) is 3.96. The number of carboxylic acid groups (broad SMARTS) is 1. The monoisotopic (exact) mass is 239 g/mol. The normalized spacial score (nSPS) is 10.7. The molecule has 5 nitrogen and oxygen atoms in total. The smallest absolute Gasteiger partial charge is 0.355 e. The summed E-state index contributed by atoms with van der Waals surface area (Å²) in [5, 5.41) is 10.7. The number of aromatic carboxylic acids is 1. The van der Waals surface area contributed by atoms with Crippen molar-refractivity contribution in [3.8, 4) is 5.82 Å². The first kappa shape index (κ1) is 10.5. The number of nitrogens with zero attached hydrogens (tertiary/aromatic N) is 3. The van der Waals surface area contributed by atoms with Gasteiger partial charge in [-0.05, 0) is 11.5 Å². The molecule has 0 aliphatic carbocycles. The van der Waals surface area contributed by atoms with Crippen LogP contribution in [-0.2, 0) is 0 Å². The number of hydrogen-bond donors (Lipinski definition) is 1. The van der Waals surface area contributed by atoms with Crippen LogP contribution in [0.3, 0.4) is 0 Å². The molecule has 0 saturated heterocycles. The van der Waals surface area contributed by atoms with Gasteiger partial charge in [0.25, 0.3) is 0 Å². The van der Waals surface area contributed by atoms with Crippen molar-refractivity contribution in [3.05, 3.63) is 54.7 Å². The van der Waals surface area contributed by atoms with Gasteiger partial charge in [-0.15, -0.1) is 0 Å². The third-order valence-electron chi connectivity index (χ3n) is 2.70. The SMILES string of the molecule is O=C(O)c1nc(-n2ccnc2)cc2ccccc12. The van der Waals surface area contributed by atoms with Gasteiger partial charge in [0.05, 0.1) is 0 Å². The molecule has 3 aromatic rings. The van der Waals surface area contributed by atoms with Crippen molar-refractivity contribution in [3.63, 3.8) is 0 Å². The molecule has 1 aromatic carbocycles. The number of imidazole rings is 1. The summed E-state index contributed by atoms with van der Waals surface area (Å²) >= 11 is 0. The molecular weight excluding hydrogens is 230 g/mol. The fourth-order valence-corrected chi connectivity index (χ4v) is 1.87. The number of carboxylic acids is 1. The third kappa shape index (κ3) is 1.62. The largest absolute Gasteiger partial charge is 0.476 e. The van der Waals surface area contributed by atoms with E-state index in [1.54, 1.807) is 35.4 Å². The summed E-state index contributed by atoms with van der Waals surface area (Å²) in [5.41, 5.74) is 0.0526. The average Bonchev–Trinajstić information content (AvgIpc) is 2.91. The standard InChI is InChI=1S/C13H9N3O2/c17-13(18)12-10-4-2-1-3-9(10)7-11(15-12)16-6-5-14-8-16/h1-8H,(H,17,18). The minimum Gasteiger partial charge on any atom is -0.476 e. The maximum Gasteiger partial charge on any atom is 0.355 e. The Hall–Kier alpha value is -2.69. The molecule has 0 fully saturated rings. The fourth-order valence-electron chi connectivity index (χ4n) is 1.87. The minimum atomic E-state index is -1.03. The average molecular weight is 239 g/mol. The first-order valence-corrected chi connectivity index (χ1v) is 5.37. The highest BCUT2D eigenvalue weighted by molar-refractivity contribution is 6.02. The Morgan fingerprint density at radius 3 is 2.83 bits per heavy atom. The summed E-state index contributed by atoms with van der Waals surface area (Å²) in [5.74, 6) is -0.489. The van der Waals surface area contributed by atoms with Crippen molar-refractivity contribution in [2.75, 3.05) is 0 Å². The number of carbonyl (C=O) groups is 1. The Bertz CT molecular complexity index is 720. The van der Waals surface area contributed by atoms with Gasteiger partial charge < -0.3 is 5.11 Å². The summed E-state index contributed by atoms with van der Waals surface area (Å²) in [6.45, 7) is 0. The molecule has 0 atom stereocenters. The Morgan fingerprint density at radius 1 is 1.28 bits per heavy atom. The van der Waals surface area contributed by atoms with Gasteiger partial charge >= 0.3 is 5.97 Å². The molecule has 0 spiro atoms. The second-order valence-electron chi connectivity index (χ2n) is 3.83. The molecule has 88 valence electrons. The van der Waals surface area contributed by atoms with E-state index < -0.39 is 5.97 Å². The molecular formula is C13H9N3O2. The molecule has 0 unspecified atom stereocenters. The van der Waals surface area contributed by atoms with E-state index in [-0.39, 0.29) is 5.69 Å². The highest BCUT2D eigenvalue weighted by Crippen LogP contribution is 2.20. The van der Waals surface area contributed by atoms with Gasteiger partial charge in [0.1, 0.15) is 12.1 Å². The van der Waals surface area contributed by atoms with Crippen molar-refractivity contribution in [1.82, 2.24) is 14.5 Å². The van der Waals surface area contributed by atoms with Gasteiger partial charge in [0, 0.05) is 17.8 Å². The Morgan fingerprint density at radius 2 is 2.11 bits per heavy atom. The molecule has 0 aliphatic heterocycles. The van der Waals surface area contributed by atoms with Crippen LogP contribution < -0.4 is 0 Å². The van der Waals surface area contributed by atoms with Gasteiger partial charge in [0.2, 0.25) is 0 Å². The van der Waals surface area contributed by atoms with E-state index in [0.29, 0.717) is 11.2 Å². The van der Waals surface area contributed by atoms with Crippen molar-refractivity contribution in [1.29, 1.82) is 0 Å². The molecule has 0 radical (unpaired) electrons. The number of fused-ring (bicyclic) bond motifs is 1. The van der Waals surface area contributed by atoms with E-state index in [4.69, 9.17) is 0 Å². The van der Waals surface area contributed by atoms with Gasteiger partial charge in [-0.2, -0.15) is 0 Å². The molecule has 2 heterocycles. The zero-order valence-electron chi connectivity index (χ0n) is 9.32. The lowest BCUT2D eigenvalue weighted by Crippen LogP contribution is -2.05. The van der Waals surface area contributed by atoms with Crippen LogP contribution in [0.25, 0.3) is 16.6 Å². The van der Waals surface area contributed by atoms with Gasteiger partial charge in [0.15, 0.2) is 5.69 Å². The summed E-state index contributed by atoms with van der Waals surface area (Å²) < 4.78 is 1.68. The van der Waals surface area contributed by atoms with Crippen molar-refractivity contribution >= 4 is 16.7 Å².